The Bertz CT molecular complexity index is 717. The fourth-order valence-corrected chi connectivity index (χ4v) is 2.64. The average molecular weight is 294 g/mol. The van der Waals surface area contributed by atoms with Gasteiger partial charge in [-0.2, -0.15) is 10.1 Å². The molecule has 1 fully saturated rings. The van der Waals surface area contributed by atoms with Crippen molar-refractivity contribution in [1.82, 2.24) is 9.97 Å². The molecular formula is C18H22N4. The van der Waals surface area contributed by atoms with E-state index in [0.717, 1.165) is 17.1 Å². The molecule has 0 radical (unpaired) electrons. The van der Waals surface area contributed by atoms with Gasteiger partial charge >= 0.3 is 0 Å². The second-order valence-electron chi connectivity index (χ2n) is 5.98. The Labute approximate surface area is 131 Å². The van der Waals surface area contributed by atoms with Crippen LogP contribution in [-0.4, -0.2) is 16.2 Å². The highest BCUT2D eigenvalue weighted by Gasteiger charge is 2.27. The van der Waals surface area contributed by atoms with Crippen LogP contribution in [-0.2, 0) is 0 Å². The van der Waals surface area contributed by atoms with Crippen LogP contribution in [0, 0.1) is 20.8 Å². The first kappa shape index (κ1) is 14.7. The zero-order valence-electron chi connectivity index (χ0n) is 13.7. The first-order valence-corrected chi connectivity index (χ1v) is 7.80. The minimum Gasteiger partial charge on any atom is -0.216 e. The van der Waals surface area contributed by atoms with E-state index in [1.165, 1.54) is 24.0 Å². The lowest BCUT2D eigenvalue weighted by Crippen LogP contribution is -2.15. The zero-order chi connectivity index (χ0) is 15.7. The van der Waals surface area contributed by atoms with Gasteiger partial charge in [0.25, 0.3) is 5.95 Å². The molecule has 0 saturated heterocycles. The van der Waals surface area contributed by atoms with Gasteiger partial charge in [-0.3, -0.25) is 0 Å². The summed E-state index contributed by atoms with van der Waals surface area (Å²) in [6, 6.07) is 8.43. The Hall–Kier alpha value is -2.23. The Morgan fingerprint density at radius 2 is 1.91 bits per heavy atom. The molecule has 1 saturated carbocycles. The summed E-state index contributed by atoms with van der Waals surface area (Å²) in [5.74, 6) is 1.26. The number of anilines is 2. The molecule has 0 aliphatic heterocycles. The van der Waals surface area contributed by atoms with Gasteiger partial charge < -0.3 is 0 Å². The first-order valence-electron chi connectivity index (χ1n) is 7.80. The molecule has 0 unspecified atom stereocenters. The number of hydrazone groups is 1. The maximum atomic E-state index is 4.76. The summed E-state index contributed by atoms with van der Waals surface area (Å²) in [5, 5.41) is 6.34. The van der Waals surface area contributed by atoms with Crippen molar-refractivity contribution in [3.63, 3.8) is 0 Å². The van der Waals surface area contributed by atoms with Gasteiger partial charge in [-0.05, 0) is 58.2 Å². The van der Waals surface area contributed by atoms with E-state index in [4.69, 9.17) is 4.98 Å². The van der Waals surface area contributed by atoms with Crippen molar-refractivity contribution in [3.05, 3.63) is 46.8 Å². The maximum absolute atomic E-state index is 4.76. The predicted octanol–water partition coefficient (Wildman–Crippen LogP) is 4.42. The SMILES string of the molecule is CC=NN(c1nc(C)cc(C2CC2)n1)c1ccc(C)cc1C. The van der Waals surface area contributed by atoms with Crippen LogP contribution in [0.3, 0.4) is 0 Å². The van der Waals surface area contributed by atoms with Crippen LogP contribution in [0.4, 0.5) is 11.6 Å². The third-order valence-corrected chi connectivity index (χ3v) is 3.86. The number of aromatic nitrogens is 2. The quantitative estimate of drug-likeness (QED) is 0.619. The molecule has 1 aliphatic carbocycles. The monoisotopic (exact) mass is 294 g/mol. The number of nitrogens with zero attached hydrogens (tertiary/aromatic N) is 4. The Morgan fingerprint density at radius 3 is 2.55 bits per heavy atom. The lowest BCUT2D eigenvalue weighted by molar-refractivity contribution is 0.907. The molecule has 114 valence electrons. The van der Waals surface area contributed by atoms with E-state index in [1.54, 1.807) is 6.21 Å². The number of rotatable bonds is 4. The molecule has 0 spiro atoms. The molecule has 0 amide bonds. The highest BCUT2D eigenvalue weighted by Crippen LogP contribution is 2.40. The van der Waals surface area contributed by atoms with Gasteiger partial charge in [0.15, 0.2) is 0 Å². The molecule has 2 aromatic rings. The van der Waals surface area contributed by atoms with Crippen LogP contribution in [0.15, 0.2) is 29.4 Å². The number of hydrogen-bond acceptors (Lipinski definition) is 4. The van der Waals surface area contributed by atoms with E-state index in [1.807, 2.05) is 18.9 Å². The minimum atomic E-state index is 0.604. The molecule has 4 heteroatoms. The molecular weight excluding hydrogens is 272 g/mol. The predicted molar refractivity (Wildman–Crippen MR) is 91.0 cm³/mol. The molecule has 1 aromatic heterocycles. The summed E-state index contributed by atoms with van der Waals surface area (Å²) in [6.45, 7) is 8.12. The van der Waals surface area contributed by atoms with Gasteiger partial charge in [-0.25, -0.2) is 9.97 Å². The van der Waals surface area contributed by atoms with Gasteiger partial charge in [-0.15, -0.1) is 0 Å². The third-order valence-electron chi connectivity index (χ3n) is 3.86. The summed E-state index contributed by atoms with van der Waals surface area (Å²) in [6.07, 6.45) is 4.24. The highest BCUT2D eigenvalue weighted by atomic mass is 15.5. The van der Waals surface area contributed by atoms with Crippen LogP contribution >= 0.6 is 0 Å². The molecule has 0 bridgehead atoms. The average Bonchev–Trinajstić information content (AvgIpc) is 3.29. The van der Waals surface area contributed by atoms with E-state index >= 15 is 0 Å². The van der Waals surface area contributed by atoms with Crippen LogP contribution in [0.1, 0.15) is 48.2 Å². The summed E-state index contributed by atoms with van der Waals surface area (Å²) >= 11 is 0. The lowest BCUT2D eigenvalue weighted by Gasteiger charge is -2.20. The van der Waals surface area contributed by atoms with Crippen molar-refractivity contribution in [2.45, 2.75) is 46.5 Å². The van der Waals surface area contributed by atoms with E-state index in [0.29, 0.717) is 11.9 Å². The summed E-state index contributed by atoms with van der Waals surface area (Å²) < 4.78 is 0. The topological polar surface area (TPSA) is 41.4 Å². The van der Waals surface area contributed by atoms with E-state index < -0.39 is 0 Å². The molecule has 22 heavy (non-hydrogen) atoms. The standard InChI is InChI=1S/C18H22N4/c1-5-19-22(17-9-6-12(2)10-13(17)3)18-20-14(4)11-16(21-18)15-7-8-15/h5-6,9-11,15H,7-8H2,1-4H3. The van der Waals surface area contributed by atoms with E-state index in [9.17, 15) is 0 Å². The molecule has 1 aromatic carbocycles. The smallest absolute Gasteiger partial charge is 0.216 e. The second kappa shape index (κ2) is 5.87. The number of aryl methyl sites for hydroxylation is 3. The molecule has 1 heterocycles. The van der Waals surface area contributed by atoms with Crippen LogP contribution in [0.25, 0.3) is 0 Å². The van der Waals surface area contributed by atoms with Gasteiger partial charge in [-0.1, -0.05) is 17.7 Å². The summed E-state index contributed by atoms with van der Waals surface area (Å²) in [7, 11) is 0. The zero-order valence-corrected chi connectivity index (χ0v) is 13.7. The number of hydrogen-bond donors (Lipinski definition) is 0. The third kappa shape index (κ3) is 3.01. The van der Waals surface area contributed by atoms with Gasteiger partial charge in [0.05, 0.1) is 5.69 Å². The molecule has 0 N–H and O–H groups in total. The van der Waals surface area contributed by atoms with Crippen molar-refractivity contribution >= 4 is 17.9 Å². The maximum Gasteiger partial charge on any atom is 0.251 e. The Balaban J connectivity index is 2.07. The second-order valence-corrected chi connectivity index (χ2v) is 5.98. The number of benzene rings is 1. The van der Waals surface area contributed by atoms with Crippen LogP contribution in [0.5, 0.6) is 0 Å². The highest BCUT2D eigenvalue weighted by molar-refractivity contribution is 5.66. The van der Waals surface area contributed by atoms with Crippen molar-refractivity contribution < 1.29 is 0 Å². The molecule has 0 atom stereocenters. The van der Waals surface area contributed by atoms with Gasteiger partial charge in [0.2, 0.25) is 0 Å². The fourth-order valence-electron chi connectivity index (χ4n) is 2.64. The molecule has 4 nitrogen and oxygen atoms in total. The fraction of sp³-hybridized carbons (Fsp3) is 0.389. The molecule has 1 aliphatic rings. The van der Waals surface area contributed by atoms with E-state index in [2.05, 4.69) is 48.2 Å². The van der Waals surface area contributed by atoms with E-state index in [-0.39, 0.29) is 0 Å². The Kier molecular flexibility index (Phi) is 3.92. The van der Waals surface area contributed by atoms with Crippen molar-refractivity contribution in [2.75, 3.05) is 5.01 Å². The van der Waals surface area contributed by atoms with Crippen LogP contribution < -0.4 is 5.01 Å². The van der Waals surface area contributed by atoms with Crippen molar-refractivity contribution in [2.24, 2.45) is 5.10 Å². The lowest BCUT2D eigenvalue weighted by atomic mass is 10.1. The van der Waals surface area contributed by atoms with Crippen LogP contribution in [0.2, 0.25) is 0 Å². The first-order chi connectivity index (χ1) is 10.6. The molecule has 3 rings (SSSR count). The Morgan fingerprint density at radius 1 is 1.14 bits per heavy atom. The summed E-state index contributed by atoms with van der Waals surface area (Å²) in [4.78, 5) is 9.36. The normalized spacial score (nSPS) is 14.5. The van der Waals surface area contributed by atoms with Gasteiger partial charge in [0, 0.05) is 23.5 Å². The van der Waals surface area contributed by atoms with Crippen molar-refractivity contribution in [1.29, 1.82) is 0 Å². The largest absolute Gasteiger partial charge is 0.251 e. The minimum absolute atomic E-state index is 0.604. The van der Waals surface area contributed by atoms with Gasteiger partial charge in [0.1, 0.15) is 0 Å². The van der Waals surface area contributed by atoms with Crippen molar-refractivity contribution in [3.8, 4) is 0 Å². The summed E-state index contributed by atoms with van der Waals surface area (Å²) in [5.41, 5.74) is 5.57.